The largest absolute Gasteiger partial charge is 0.387 e. The molecule has 1 atom stereocenters. The van der Waals surface area contributed by atoms with E-state index in [-0.39, 0.29) is 5.91 Å². The lowest BCUT2D eigenvalue weighted by Crippen LogP contribution is -2.37. The lowest BCUT2D eigenvalue weighted by atomic mass is 10.1. The fraction of sp³-hybridized carbons (Fsp3) is 0.500. The summed E-state index contributed by atoms with van der Waals surface area (Å²) < 4.78 is 0. The third-order valence-electron chi connectivity index (χ3n) is 3.45. The second kappa shape index (κ2) is 5.65. The lowest BCUT2D eigenvalue weighted by Gasteiger charge is -2.25. The van der Waals surface area contributed by atoms with Crippen LogP contribution in [0, 0.1) is 6.92 Å². The predicted molar refractivity (Wildman–Crippen MR) is 78.5 cm³/mol. The van der Waals surface area contributed by atoms with Gasteiger partial charge in [-0.3, -0.25) is 4.79 Å². The maximum atomic E-state index is 12.5. The Morgan fingerprint density at radius 3 is 2.89 bits per heavy atom. The topological polar surface area (TPSA) is 32.3 Å². The van der Waals surface area contributed by atoms with E-state index in [9.17, 15) is 4.79 Å². The van der Waals surface area contributed by atoms with Crippen molar-refractivity contribution in [1.82, 2.24) is 4.90 Å². The van der Waals surface area contributed by atoms with Crippen LogP contribution in [0.2, 0.25) is 0 Å². The van der Waals surface area contributed by atoms with Gasteiger partial charge in [0.15, 0.2) is 0 Å². The van der Waals surface area contributed by atoms with Gasteiger partial charge in [-0.25, -0.2) is 0 Å². The van der Waals surface area contributed by atoms with Crippen molar-refractivity contribution in [2.75, 3.05) is 30.9 Å². The molecule has 1 unspecified atom stereocenters. The fourth-order valence-electron chi connectivity index (χ4n) is 2.24. The molecule has 1 aliphatic rings. The molecule has 3 nitrogen and oxygen atoms in total. The number of anilines is 1. The molecule has 18 heavy (non-hydrogen) atoms. The van der Waals surface area contributed by atoms with E-state index in [0.717, 1.165) is 34.7 Å². The van der Waals surface area contributed by atoms with Gasteiger partial charge in [-0.1, -0.05) is 11.6 Å². The highest BCUT2D eigenvalue weighted by Gasteiger charge is 2.25. The summed E-state index contributed by atoms with van der Waals surface area (Å²) in [7, 11) is 3.77. The number of amides is 1. The normalized spacial score (nSPS) is 18.7. The van der Waals surface area contributed by atoms with E-state index in [0.29, 0.717) is 6.04 Å². The van der Waals surface area contributed by atoms with Gasteiger partial charge in [0.05, 0.1) is 5.56 Å². The number of thioether (sulfide) groups is 1. The SMILES string of the molecule is CNc1ccc(C)cc1C(=O)N(C)C1CCSC1. The Labute approximate surface area is 113 Å². The number of benzene rings is 1. The van der Waals surface area contributed by atoms with E-state index in [1.807, 2.05) is 55.9 Å². The van der Waals surface area contributed by atoms with E-state index in [2.05, 4.69) is 5.32 Å². The first-order valence-corrected chi connectivity index (χ1v) is 7.42. The van der Waals surface area contributed by atoms with Crippen LogP contribution in [0.4, 0.5) is 5.69 Å². The Morgan fingerprint density at radius 2 is 2.28 bits per heavy atom. The van der Waals surface area contributed by atoms with Gasteiger partial charge in [0, 0.05) is 31.6 Å². The van der Waals surface area contributed by atoms with Crippen molar-refractivity contribution in [2.45, 2.75) is 19.4 Å². The molecule has 98 valence electrons. The van der Waals surface area contributed by atoms with E-state index in [4.69, 9.17) is 0 Å². The van der Waals surface area contributed by atoms with Crippen LogP contribution in [0.25, 0.3) is 0 Å². The zero-order valence-electron chi connectivity index (χ0n) is 11.2. The van der Waals surface area contributed by atoms with Gasteiger partial charge < -0.3 is 10.2 Å². The van der Waals surface area contributed by atoms with Gasteiger partial charge in [-0.15, -0.1) is 0 Å². The minimum absolute atomic E-state index is 0.121. The summed E-state index contributed by atoms with van der Waals surface area (Å²) in [6, 6.07) is 6.34. The Morgan fingerprint density at radius 1 is 1.50 bits per heavy atom. The van der Waals surface area contributed by atoms with Crippen LogP contribution >= 0.6 is 11.8 Å². The predicted octanol–water partition coefficient (Wildman–Crippen LogP) is 2.61. The van der Waals surface area contributed by atoms with Gasteiger partial charge in [0.25, 0.3) is 5.91 Å². The molecule has 1 aliphatic heterocycles. The molecule has 0 bridgehead atoms. The van der Waals surface area contributed by atoms with E-state index in [1.54, 1.807) is 0 Å². The molecule has 1 fully saturated rings. The van der Waals surface area contributed by atoms with Crippen LogP contribution in [-0.4, -0.2) is 42.4 Å². The highest BCUT2D eigenvalue weighted by atomic mass is 32.2. The summed E-state index contributed by atoms with van der Waals surface area (Å²) in [5.41, 5.74) is 2.80. The third-order valence-corrected chi connectivity index (χ3v) is 4.59. The van der Waals surface area contributed by atoms with Crippen LogP contribution in [0.5, 0.6) is 0 Å². The Balaban J connectivity index is 2.24. The molecule has 0 radical (unpaired) electrons. The standard InChI is InChI=1S/C14H20N2OS/c1-10-4-5-13(15-2)12(8-10)14(17)16(3)11-6-7-18-9-11/h4-5,8,11,15H,6-7,9H2,1-3H3. The van der Waals surface area contributed by atoms with Crippen molar-refractivity contribution in [3.63, 3.8) is 0 Å². The van der Waals surface area contributed by atoms with Crippen molar-refractivity contribution in [3.8, 4) is 0 Å². The smallest absolute Gasteiger partial charge is 0.255 e. The quantitative estimate of drug-likeness (QED) is 0.911. The zero-order valence-corrected chi connectivity index (χ0v) is 12.0. The Hall–Kier alpha value is -1.16. The van der Waals surface area contributed by atoms with Gasteiger partial charge in [0.1, 0.15) is 0 Å². The van der Waals surface area contributed by atoms with Crippen LogP contribution in [0.3, 0.4) is 0 Å². The number of carbonyl (C=O) groups excluding carboxylic acids is 1. The van der Waals surface area contributed by atoms with Crippen LogP contribution < -0.4 is 5.32 Å². The average molecular weight is 264 g/mol. The number of hydrogen-bond acceptors (Lipinski definition) is 3. The highest BCUT2D eigenvalue weighted by molar-refractivity contribution is 7.99. The minimum atomic E-state index is 0.121. The molecule has 0 aliphatic carbocycles. The molecule has 1 N–H and O–H groups in total. The summed E-state index contributed by atoms with van der Waals surface area (Å²) in [5.74, 6) is 2.34. The van der Waals surface area contributed by atoms with Gasteiger partial charge in [-0.2, -0.15) is 11.8 Å². The van der Waals surface area contributed by atoms with Crippen molar-refractivity contribution >= 4 is 23.4 Å². The third kappa shape index (κ3) is 2.64. The Kier molecular flexibility index (Phi) is 4.17. The first kappa shape index (κ1) is 13.3. The van der Waals surface area contributed by atoms with E-state index >= 15 is 0 Å². The maximum absolute atomic E-state index is 12.5. The molecule has 1 saturated heterocycles. The number of aryl methyl sites for hydroxylation is 1. The van der Waals surface area contributed by atoms with E-state index in [1.165, 1.54) is 0 Å². The second-order valence-electron chi connectivity index (χ2n) is 4.73. The summed E-state index contributed by atoms with van der Waals surface area (Å²) in [6.07, 6.45) is 1.10. The van der Waals surface area contributed by atoms with Gasteiger partial charge in [-0.05, 0) is 31.2 Å². The molecular formula is C14H20N2OS. The molecule has 0 saturated carbocycles. The summed E-state index contributed by atoms with van der Waals surface area (Å²) in [6.45, 7) is 2.02. The molecule has 0 aromatic heterocycles. The highest BCUT2D eigenvalue weighted by Crippen LogP contribution is 2.25. The van der Waals surface area contributed by atoms with Crippen molar-refractivity contribution in [2.24, 2.45) is 0 Å². The first-order chi connectivity index (χ1) is 8.63. The van der Waals surface area contributed by atoms with Gasteiger partial charge in [0.2, 0.25) is 0 Å². The molecule has 0 spiro atoms. The van der Waals surface area contributed by atoms with Crippen molar-refractivity contribution in [1.29, 1.82) is 0 Å². The number of hydrogen-bond donors (Lipinski definition) is 1. The minimum Gasteiger partial charge on any atom is -0.387 e. The lowest BCUT2D eigenvalue weighted by molar-refractivity contribution is 0.0748. The number of nitrogens with one attached hydrogen (secondary N) is 1. The second-order valence-corrected chi connectivity index (χ2v) is 5.88. The van der Waals surface area contributed by atoms with Crippen LogP contribution in [-0.2, 0) is 0 Å². The van der Waals surface area contributed by atoms with E-state index < -0.39 is 0 Å². The maximum Gasteiger partial charge on any atom is 0.255 e. The zero-order chi connectivity index (χ0) is 13.1. The monoisotopic (exact) mass is 264 g/mol. The number of carbonyl (C=O) groups is 1. The molecule has 1 aromatic rings. The van der Waals surface area contributed by atoms with Crippen LogP contribution in [0.1, 0.15) is 22.3 Å². The molecule has 1 heterocycles. The molecule has 4 heteroatoms. The summed E-state index contributed by atoms with van der Waals surface area (Å²) in [4.78, 5) is 14.4. The Bertz CT molecular complexity index is 441. The summed E-state index contributed by atoms with van der Waals surface area (Å²) in [5, 5.41) is 3.10. The molecule has 1 amide bonds. The van der Waals surface area contributed by atoms with Gasteiger partial charge >= 0.3 is 0 Å². The van der Waals surface area contributed by atoms with Crippen LogP contribution in [0.15, 0.2) is 18.2 Å². The molecule has 2 rings (SSSR count). The molecule has 1 aromatic carbocycles. The average Bonchev–Trinajstić information content (AvgIpc) is 2.90. The summed E-state index contributed by atoms with van der Waals surface area (Å²) >= 11 is 1.93. The number of nitrogens with zero attached hydrogens (tertiary/aromatic N) is 1. The van der Waals surface area contributed by atoms with Crippen molar-refractivity contribution in [3.05, 3.63) is 29.3 Å². The fourth-order valence-corrected chi connectivity index (χ4v) is 3.50. The first-order valence-electron chi connectivity index (χ1n) is 6.27. The number of rotatable bonds is 3. The molecular weight excluding hydrogens is 244 g/mol. The van der Waals surface area contributed by atoms with Crippen molar-refractivity contribution < 1.29 is 4.79 Å².